The molecule has 1 unspecified atom stereocenters. The first kappa shape index (κ1) is 16.7. The summed E-state index contributed by atoms with van der Waals surface area (Å²) in [5.74, 6) is -0.949. The van der Waals surface area contributed by atoms with Gasteiger partial charge in [-0.1, -0.05) is 24.3 Å². The fourth-order valence-electron chi connectivity index (χ4n) is 2.36. The molecule has 5 nitrogen and oxygen atoms in total. The molecule has 0 amide bonds. The molecule has 1 aliphatic rings. The summed E-state index contributed by atoms with van der Waals surface area (Å²) in [5, 5.41) is 9.20. The van der Waals surface area contributed by atoms with Gasteiger partial charge in [0.15, 0.2) is 0 Å². The van der Waals surface area contributed by atoms with Gasteiger partial charge < -0.3 is 5.11 Å². The molecule has 0 aliphatic heterocycles. The highest BCUT2D eigenvalue weighted by Crippen LogP contribution is 2.25. The van der Waals surface area contributed by atoms with Gasteiger partial charge in [-0.2, -0.15) is 0 Å². The number of sulfonamides is 1. The summed E-state index contributed by atoms with van der Waals surface area (Å²) >= 11 is 0. The molecule has 0 spiro atoms. The Kier molecular flexibility index (Phi) is 4.72. The first-order chi connectivity index (χ1) is 10.2. The Bertz CT molecular complexity index is 675. The summed E-state index contributed by atoms with van der Waals surface area (Å²) < 4.78 is 27.4. The van der Waals surface area contributed by atoms with E-state index in [-0.39, 0.29) is 10.9 Å². The third kappa shape index (κ3) is 3.56. The highest BCUT2D eigenvalue weighted by molar-refractivity contribution is 7.89. The molecular formula is C16H21NO4S. The molecule has 2 rings (SSSR count). The number of rotatable bonds is 5. The number of benzene rings is 1. The molecule has 0 radical (unpaired) electrons. The molecule has 1 atom stereocenters. The molecule has 2 N–H and O–H groups in total. The maximum absolute atomic E-state index is 12.3. The number of hydrogen-bond acceptors (Lipinski definition) is 3. The normalized spacial score (nSPS) is 19.1. The van der Waals surface area contributed by atoms with Crippen LogP contribution in [0, 0.1) is 0 Å². The maximum atomic E-state index is 12.3. The molecule has 0 aromatic heterocycles. The molecule has 0 heterocycles. The first-order valence-corrected chi connectivity index (χ1v) is 8.73. The molecule has 0 fully saturated rings. The SMILES string of the molecule is CC(C)(C(=O)O)c1ccc(S(=O)(=O)NC2CC=CCC2)cc1. The predicted molar refractivity (Wildman–Crippen MR) is 84.2 cm³/mol. The van der Waals surface area contributed by atoms with Gasteiger partial charge in [0.25, 0.3) is 0 Å². The average Bonchev–Trinajstić information content (AvgIpc) is 2.48. The maximum Gasteiger partial charge on any atom is 0.313 e. The number of carbonyl (C=O) groups is 1. The Balaban J connectivity index is 2.18. The standard InChI is InChI=1S/C16H21NO4S/c1-16(2,15(18)19)12-8-10-14(11-9-12)22(20,21)17-13-6-4-3-5-7-13/h3-4,8-11,13,17H,5-7H2,1-2H3,(H,18,19). The number of aliphatic carboxylic acids is 1. The van der Waals surface area contributed by atoms with Crippen LogP contribution in [0.15, 0.2) is 41.3 Å². The molecule has 0 saturated heterocycles. The average molecular weight is 323 g/mol. The zero-order valence-electron chi connectivity index (χ0n) is 12.7. The Labute approximate surface area is 131 Å². The van der Waals surface area contributed by atoms with Crippen LogP contribution in [0.4, 0.5) is 0 Å². The van der Waals surface area contributed by atoms with Gasteiger partial charge in [0.1, 0.15) is 0 Å². The Morgan fingerprint density at radius 3 is 2.36 bits per heavy atom. The van der Waals surface area contributed by atoms with Gasteiger partial charge in [-0.3, -0.25) is 4.79 Å². The third-order valence-corrected chi connectivity index (χ3v) is 5.55. The lowest BCUT2D eigenvalue weighted by atomic mass is 9.85. The predicted octanol–water partition coefficient (Wildman–Crippen LogP) is 2.44. The van der Waals surface area contributed by atoms with E-state index in [4.69, 9.17) is 0 Å². The minimum Gasteiger partial charge on any atom is -0.481 e. The van der Waals surface area contributed by atoms with Crippen LogP contribution in [-0.2, 0) is 20.2 Å². The van der Waals surface area contributed by atoms with E-state index in [2.05, 4.69) is 4.72 Å². The first-order valence-electron chi connectivity index (χ1n) is 7.25. The van der Waals surface area contributed by atoms with Crippen LogP contribution < -0.4 is 4.72 Å². The minimum atomic E-state index is -3.57. The van der Waals surface area contributed by atoms with Crippen molar-refractivity contribution in [2.45, 2.75) is 49.5 Å². The third-order valence-electron chi connectivity index (χ3n) is 4.01. The molecule has 0 bridgehead atoms. The second-order valence-corrected chi connectivity index (χ2v) is 7.77. The summed E-state index contributed by atoms with van der Waals surface area (Å²) in [6, 6.07) is 5.96. The fourth-order valence-corrected chi connectivity index (χ4v) is 3.65. The fraction of sp³-hybridized carbons (Fsp3) is 0.438. The van der Waals surface area contributed by atoms with Gasteiger partial charge in [-0.15, -0.1) is 0 Å². The van der Waals surface area contributed by atoms with Crippen LogP contribution in [0.25, 0.3) is 0 Å². The Hall–Kier alpha value is -1.66. The van der Waals surface area contributed by atoms with Gasteiger partial charge in [0.05, 0.1) is 10.3 Å². The van der Waals surface area contributed by atoms with Gasteiger partial charge in [0, 0.05) is 6.04 Å². The van der Waals surface area contributed by atoms with Crippen LogP contribution in [0.5, 0.6) is 0 Å². The molecule has 120 valence electrons. The molecule has 6 heteroatoms. The van der Waals surface area contributed by atoms with E-state index in [1.54, 1.807) is 26.0 Å². The van der Waals surface area contributed by atoms with Crippen molar-refractivity contribution >= 4 is 16.0 Å². The molecule has 1 aromatic rings. The van der Waals surface area contributed by atoms with Gasteiger partial charge in [-0.05, 0) is 50.8 Å². The number of nitrogens with one attached hydrogen (secondary N) is 1. The zero-order chi connectivity index (χ0) is 16.4. The highest BCUT2D eigenvalue weighted by atomic mass is 32.2. The van der Waals surface area contributed by atoms with E-state index in [0.717, 1.165) is 12.8 Å². The second-order valence-electron chi connectivity index (χ2n) is 6.06. The summed E-state index contributed by atoms with van der Waals surface area (Å²) in [6.45, 7) is 3.18. The van der Waals surface area contributed by atoms with Crippen LogP contribution in [0.1, 0.15) is 38.7 Å². The Morgan fingerprint density at radius 1 is 1.23 bits per heavy atom. The second kappa shape index (κ2) is 6.22. The van der Waals surface area contributed by atoms with Crippen LogP contribution in [-0.4, -0.2) is 25.5 Å². The van der Waals surface area contributed by atoms with Crippen LogP contribution in [0.3, 0.4) is 0 Å². The topological polar surface area (TPSA) is 83.5 Å². The zero-order valence-corrected chi connectivity index (χ0v) is 13.6. The van der Waals surface area contributed by atoms with E-state index < -0.39 is 21.4 Å². The van der Waals surface area contributed by atoms with Gasteiger partial charge in [-0.25, -0.2) is 13.1 Å². The van der Waals surface area contributed by atoms with Gasteiger partial charge >= 0.3 is 5.97 Å². The van der Waals surface area contributed by atoms with E-state index >= 15 is 0 Å². The highest BCUT2D eigenvalue weighted by Gasteiger charge is 2.30. The van der Waals surface area contributed by atoms with Crippen LogP contribution >= 0.6 is 0 Å². The van der Waals surface area contributed by atoms with Crippen molar-refractivity contribution in [3.8, 4) is 0 Å². The van der Waals surface area contributed by atoms with Crippen molar-refractivity contribution in [2.75, 3.05) is 0 Å². The summed E-state index contributed by atoms with van der Waals surface area (Å²) in [7, 11) is -3.57. The summed E-state index contributed by atoms with van der Waals surface area (Å²) in [4.78, 5) is 11.4. The van der Waals surface area contributed by atoms with Crippen LogP contribution in [0.2, 0.25) is 0 Å². The van der Waals surface area contributed by atoms with E-state index in [0.29, 0.717) is 12.0 Å². The lowest BCUT2D eigenvalue weighted by Gasteiger charge is -2.21. The van der Waals surface area contributed by atoms with E-state index in [1.165, 1.54) is 12.1 Å². The van der Waals surface area contributed by atoms with E-state index in [9.17, 15) is 18.3 Å². The van der Waals surface area contributed by atoms with Crippen molar-refractivity contribution in [1.82, 2.24) is 4.72 Å². The van der Waals surface area contributed by atoms with E-state index in [1.807, 2.05) is 12.2 Å². The number of carboxylic acids is 1. The molecular weight excluding hydrogens is 302 g/mol. The Morgan fingerprint density at radius 2 is 1.86 bits per heavy atom. The number of carboxylic acid groups (broad SMARTS) is 1. The number of allylic oxidation sites excluding steroid dienone is 1. The number of hydrogen-bond donors (Lipinski definition) is 2. The summed E-state index contributed by atoms with van der Waals surface area (Å²) in [6.07, 6.45) is 6.39. The lowest BCUT2D eigenvalue weighted by molar-refractivity contribution is -0.142. The van der Waals surface area contributed by atoms with Crippen molar-refractivity contribution in [2.24, 2.45) is 0 Å². The van der Waals surface area contributed by atoms with Crippen molar-refractivity contribution in [1.29, 1.82) is 0 Å². The lowest BCUT2D eigenvalue weighted by Crippen LogP contribution is -2.35. The minimum absolute atomic E-state index is 0.0786. The summed E-state index contributed by atoms with van der Waals surface area (Å²) in [5.41, 5.74) is -0.483. The monoisotopic (exact) mass is 323 g/mol. The smallest absolute Gasteiger partial charge is 0.313 e. The molecule has 22 heavy (non-hydrogen) atoms. The molecule has 1 aliphatic carbocycles. The van der Waals surface area contributed by atoms with Crippen molar-refractivity contribution in [3.05, 3.63) is 42.0 Å². The quantitative estimate of drug-likeness (QED) is 0.815. The van der Waals surface area contributed by atoms with Gasteiger partial charge in [0.2, 0.25) is 10.0 Å². The largest absolute Gasteiger partial charge is 0.481 e. The molecule has 0 saturated carbocycles. The van der Waals surface area contributed by atoms with Crippen molar-refractivity contribution < 1.29 is 18.3 Å². The molecule has 1 aromatic carbocycles. The van der Waals surface area contributed by atoms with Crippen molar-refractivity contribution in [3.63, 3.8) is 0 Å².